The number of rotatable bonds is 14. The van der Waals surface area contributed by atoms with E-state index in [0.29, 0.717) is 59.2 Å². The van der Waals surface area contributed by atoms with Crippen LogP contribution in [0.25, 0.3) is 11.0 Å². The van der Waals surface area contributed by atoms with Crippen LogP contribution in [0.2, 0.25) is 0 Å². The molecule has 0 spiro atoms. The van der Waals surface area contributed by atoms with Crippen molar-refractivity contribution in [3.05, 3.63) is 94.0 Å². The number of likely N-dealkylation sites (tertiary alicyclic amines) is 1. The molecule has 3 aromatic carbocycles. The highest BCUT2D eigenvalue weighted by Gasteiger charge is 2.29. The number of amides is 2. The Morgan fingerprint density at radius 3 is 2.41 bits per heavy atom. The summed E-state index contributed by atoms with van der Waals surface area (Å²) < 4.78 is 30.3. The van der Waals surface area contributed by atoms with Gasteiger partial charge in [0.25, 0.3) is 0 Å². The summed E-state index contributed by atoms with van der Waals surface area (Å²) in [5.74, 6) is -0.561. The van der Waals surface area contributed by atoms with Crippen LogP contribution in [0, 0.1) is 6.92 Å². The van der Waals surface area contributed by atoms with Gasteiger partial charge in [0.2, 0.25) is 0 Å². The van der Waals surface area contributed by atoms with Crippen LogP contribution in [-0.4, -0.2) is 101 Å². The van der Waals surface area contributed by atoms with E-state index in [9.17, 15) is 14.4 Å². The molecule has 300 valence electrons. The Balaban J connectivity index is 1.01. The second-order valence-corrected chi connectivity index (χ2v) is 15.4. The second kappa shape index (κ2) is 18.8. The van der Waals surface area contributed by atoms with Crippen LogP contribution in [0.5, 0.6) is 0 Å². The van der Waals surface area contributed by atoms with E-state index in [2.05, 4.69) is 34.6 Å². The molecule has 0 bridgehead atoms. The minimum absolute atomic E-state index is 0.0779. The first kappa shape index (κ1) is 40.6. The highest BCUT2D eigenvalue weighted by molar-refractivity contribution is 5.80. The predicted molar refractivity (Wildman–Crippen MR) is 210 cm³/mol. The summed E-state index contributed by atoms with van der Waals surface area (Å²) in [6, 6.07) is 20.0. The van der Waals surface area contributed by atoms with Gasteiger partial charge in [0.05, 0.1) is 51.0 Å². The van der Waals surface area contributed by atoms with Crippen LogP contribution < -0.4 is 0 Å². The largest absolute Gasteiger partial charge is 0.466 e. The Morgan fingerprint density at radius 2 is 1.66 bits per heavy atom. The van der Waals surface area contributed by atoms with E-state index >= 15 is 0 Å². The SMILES string of the molecule is CCOC(=O)CC(c1ccc2c(c1)CN(C(=O)OC(C)(C)C)CC2)c1ccc2c(nnn2CCOCCOC2CCN(C(=O)OCc3ccccc3)CC2)c1C. The zero-order chi connectivity index (χ0) is 39.7. The number of carbonyl (C=O) groups excluding carboxylic acids is 3. The van der Waals surface area contributed by atoms with Gasteiger partial charge in [-0.25, -0.2) is 14.3 Å². The zero-order valence-corrected chi connectivity index (χ0v) is 33.3. The Hall–Kier alpha value is -5.01. The van der Waals surface area contributed by atoms with E-state index in [1.54, 1.807) is 9.80 Å². The fourth-order valence-corrected chi connectivity index (χ4v) is 7.34. The number of hydrogen-bond donors (Lipinski definition) is 0. The maximum atomic E-state index is 13.0. The lowest BCUT2D eigenvalue weighted by molar-refractivity contribution is -0.143. The lowest BCUT2D eigenvalue weighted by Crippen LogP contribution is -2.41. The second-order valence-electron chi connectivity index (χ2n) is 15.4. The number of aryl methyl sites for hydroxylation is 1. The molecule has 1 aromatic heterocycles. The monoisotopic (exact) mass is 769 g/mol. The minimum Gasteiger partial charge on any atom is -0.466 e. The van der Waals surface area contributed by atoms with Gasteiger partial charge in [-0.2, -0.15) is 0 Å². The standard InChI is InChI=1S/C43H55N5O8/c1-6-53-39(49)27-37(33-13-12-32-16-19-47(28-34(32)26-33)42(51)56-43(3,4)5)36-14-15-38-40(30(36)2)44-45-48(38)22-23-52-24-25-54-35-17-20-46(21-18-35)41(50)55-29-31-10-8-7-9-11-31/h7-15,26,35,37H,6,16-25,27-29H2,1-5H3. The number of esters is 1. The van der Waals surface area contributed by atoms with E-state index in [4.69, 9.17) is 23.7 Å². The number of piperidine rings is 1. The van der Waals surface area contributed by atoms with Crippen molar-refractivity contribution in [1.82, 2.24) is 24.8 Å². The third-order valence-electron chi connectivity index (χ3n) is 10.3. The van der Waals surface area contributed by atoms with Crippen LogP contribution in [-0.2, 0) is 54.6 Å². The quantitative estimate of drug-likeness (QED) is 0.0754. The van der Waals surface area contributed by atoms with Crippen molar-refractivity contribution in [2.24, 2.45) is 0 Å². The average Bonchev–Trinajstić information content (AvgIpc) is 3.61. The van der Waals surface area contributed by atoms with Crippen molar-refractivity contribution in [2.45, 2.75) is 97.6 Å². The molecule has 1 unspecified atom stereocenters. The van der Waals surface area contributed by atoms with Crippen LogP contribution in [0.3, 0.4) is 0 Å². The third kappa shape index (κ3) is 10.6. The lowest BCUT2D eigenvalue weighted by Gasteiger charge is -2.32. The maximum Gasteiger partial charge on any atom is 0.410 e. The topological polar surface area (TPSA) is 135 Å². The number of hydrogen-bond acceptors (Lipinski definition) is 10. The molecule has 2 amide bonds. The third-order valence-corrected chi connectivity index (χ3v) is 10.3. The smallest absolute Gasteiger partial charge is 0.410 e. The van der Waals surface area contributed by atoms with E-state index in [-0.39, 0.29) is 43.2 Å². The summed E-state index contributed by atoms with van der Waals surface area (Å²) in [6.45, 7) is 14.1. The van der Waals surface area contributed by atoms with Gasteiger partial charge in [0, 0.05) is 32.1 Å². The van der Waals surface area contributed by atoms with Gasteiger partial charge in [-0.1, -0.05) is 59.8 Å². The fourth-order valence-electron chi connectivity index (χ4n) is 7.34. The molecule has 0 N–H and O–H groups in total. The van der Waals surface area contributed by atoms with Gasteiger partial charge in [-0.15, -0.1) is 5.10 Å². The van der Waals surface area contributed by atoms with Crippen molar-refractivity contribution >= 4 is 29.2 Å². The number of aromatic nitrogens is 3. The lowest BCUT2D eigenvalue weighted by atomic mass is 9.83. The predicted octanol–water partition coefficient (Wildman–Crippen LogP) is 6.95. The molecule has 13 nitrogen and oxygen atoms in total. The molecule has 0 radical (unpaired) electrons. The average molecular weight is 770 g/mol. The van der Waals surface area contributed by atoms with Crippen LogP contribution >= 0.6 is 0 Å². The molecule has 13 heteroatoms. The molecular formula is C43H55N5O8. The summed E-state index contributed by atoms with van der Waals surface area (Å²) in [4.78, 5) is 41.8. The van der Waals surface area contributed by atoms with Gasteiger partial charge < -0.3 is 33.5 Å². The van der Waals surface area contributed by atoms with Crippen molar-refractivity contribution < 1.29 is 38.1 Å². The number of carbonyl (C=O) groups is 3. The molecule has 0 saturated carbocycles. The summed E-state index contributed by atoms with van der Waals surface area (Å²) in [6.07, 6.45) is 1.87. The first-order valence-electron chi connectivity index (χ1n) is 19.7. The van der Waals surface area contributed by atoms with Crippen LogP contribution in [0.15, 0.2) is 60.7 Å². The molecule has 1 fully saturated rings. The Kier molecular flexibility index (Phi) is 13.6. The molecule has 1 saturated heterocycles. The summed E-state index contributed by atoms with van der Waals surface area (Å²) in [7, 11) is 0. The highest BCUT2D eigenvalue weighted by Crippen LogP contribution is 2.35. The Bertz CT molecular complexity index is 1950. The molecule has 56 heavy (non-hydrogen) atoms. The highest BCUT2D eigenvalue weighted by atomic mass is 16.6. The number of nitrogens with zero attached hydrogens (tertiary/aromatic N) is 5. The summed E-state index contributed by atoms with van der Waals surface area (Å²) in [5, 5.41) is 8.98. The van der Waals surface area contributed by atoms with Crippen molar-refractivity contribution in [3.8, 4) is 0 Å². The normalized spacial score (nSPS) is 15.4. The van der Waals surface area contributed by atoms with Gasteiger partial charge in [-0.3, -0.25) is 4.79 Å². The molecule has 4 aromatic rings. The zero-order valence-electron chi connectivity index (χ0n) is 33.3. The van der Waals surface area contributed by atoms with Gasteiger partial charge in [0.1, 0.15) is 17.7 Å². The Labute approximate surface area is 329 Å². The molecule has 6 rings (SSSR count). The van der Waals surface area contributed by atoms with Crippen molar-refractivity contribution in [3.63, 3.8) is 0 Å². The summed E-state index contributed by atoms with van der Waals surface area (Å²) in [5.41, 5.74) is 7.17. The Morgan fingerprint density at radius 1 is 0.875 bits per heavy atom. The van der Waals surface area contributed by atoms with Gasteiger partial charge in [-0.05, 0) is 93.3 Å². The van der Waals surface area contributed by atoms with Gasteiger partial charge >= 0.3 is 18.2 Å². The van der Waals surface area contributed by atoms with Gasteiger partial charge in [0.15, 0.2) is 0 Å². The molecule has 2 aliphatic heterocycles. The fraction of sp³-hybridized carbons (Fsp3) is 0.512. The molecule has 3 heterocycles. The number of benzene rings is 3. The van der Waals surface area contributed by atoms with Crippen LogP contribution in [0.4, 0.5) is 9.59 Å². The maximum absolute atomic E-state index is 13.0. The van der Waals surface area contributed by atoms with Crippen LogP contribution in [0.1, 0.15) is 86.3 Å². The first-order chi connectivity index (χ1) is 27.0. The van der Waals surface area contributed by atoms with Crippen molar-refractivity contribution in [1.29, 1.82) is 0 Å². The molecule has 0 aliphatic carbocycles. The minimum atomic E-state index is -0.576. The van der Waals surface area contributed by atoms with E-state index < -0.39 is 5.60 Å². The number of fused-ring (bicyclic) bond motifs is 2. The van der Waals surface area contributed by atoms with E-state index in [0.717, 1.165) is 58.1 Å². The molecule has 1 atom stereocenters. The molecule has 2 aliphatic rings. The van der Waals surface area contributed by atoms with Crippen molar-refractivity contribution in [2.75, 3.05) is 46.1 Å². The molecular weight excluding hydrogens is 714 g/mol. The van der Waals surface area contributed by atoms with E-state index in [1.807, 2.05) is 75.7 Å². The van der Waals surface area contributed by atoms with E-state index in [1.165, 1.54) is 5.56 Å². The number of ether oxygens (including phenoxy) is 5. The first-order valence-corrected chi connectivity index (χ1v) is 19.7. The summed E-state index contributed by atoms with van der Waals surface area (Å²) >= 11 is 0.